The monoisotopic (exact) mass is 568 g/mol. The second kappa shape index (κ2) is 12.1. The fraction of sp³-hybridized carbons (Fsp3) is 0.542. The maximum atomic E-state index is 13.4. The highest BCUT2D eigenvalue weighted by atomic mass is 32.2. The van der Waals surface area contributed by atoms with Crippen LogP contribution >= 0.6 is 11.3 Å². The summed E-state index contributed by atoms with van der Waals surface area (Å²) in [5, 5.41) is 4.24. The van der Waals surface area contributed by atoms with Gasteiger partial charge in [-0.15, -0.1) is 11.3 Å². The Morgan fingerprint density at radius 1 is 1.05 bits per heavy atom. The minimum absolute atomic E-state index is 0.119. The number of carbonyl (C=O) groups is 2. The summed E-state index contributed by atoms with van der Waals surface area (Å²) < 4.78 is 55.5. The summed E-state index contributed by atoms with van der Waals surface area (Å²) in [5.74, 6) is -0.799. The van der Waals surface area contributed by atoms with E-state index in [0.717, 1.165) is 47.7 Å². The van der Waals surface area contributed by atoms with Crippen LogP contribution in [0.5, 0.6) is 0 Å². The lowest BCUT2D eigenvalue weighted by Crippen LogP contribution is -2.52. The maximum Gasteiger partial charge on any atom is 0.260 e. The lowest BCUT2D eigenvalue weighted by atomic mass is 9.85. The number of carbonyl (C=O) groups excluding carboxylic acids is 2. The summed E-state index contributed by atoms with van der Waals surface area (Å²) in [5.41, 5.74) is 0. The second-order valence-electron chi connectivity index (χ2n) is 9.52. The Morgan fingerprint density at radius 2 is 1.84 bits per heavy atom. The van der Waals surface area contributed by atoms with Crippen molar-refractivity contribution in [1.82, 2.24) is 19.3 Å². The van der Waals surface area contributed by atoms with E-state index < -0.39 is 50.4 Å². The number of hydrogen-bond donors (Lipinski definition) is 2. The summed E-state index contributed by atoms with van der Waals surface area (Å²) in [4.78, 5) is 30.3. The molecule has 1 saturated carbocycles. The first kappa shape index (κ1) is 27.8. The summed E-state index contributed by atoms with van der Waals surface area (Å²) >= 11 is 1.07. The number of ketones is 1. The summed E-state index contributed by atoms with van der Waals surface area (Å²) in [7, 11) is -7.86. The minimum atomic E-state index is -3.96. The summed E-state index contributed by atoms with van der Waals surface area (Å²) in [6.45, 7) is -0.272. The van der Waals surface area contributed by atoms with E-state index in [2.05, 4.69) is 15.0 Å². The second-order valence-corrected chi connectivity index (χ2v) is 14.3. The molecule has 202 valence electrons. The molecule has 1 aliphatic carbocycles. The molecule has 0 bridgehead atoms. The highest BCUT2D eigenvalue weighted by molar-refractivity contribution is 7.91. The van der Waals surface area contributed by atoms with Gasteiger partial charge in [0.1, 0.15) is 10.3 Å². The van der Waals surface area contributed by atoms with Crippen LogP contribution in [0.2, 0.25) is 0 Å². The van der Waals surface area contributed by atoms with Crippen LogP contribution in [0.3, 0.4) is 0 Å². The van der Waals surface area contributed by atoms with Crippen molar-refractivity contribution >= 4 is 43.1 Å². The highest BCUT2D eigenvalue weighted by Crippen LogP contribution is 2.28. The Hall–Kier alpha value is -2.19. The van der Waals surface area contributed by atoms with Gasteiger partial charge in [-0.1, -0.05) is 44.2 Å². The van der Waals surface area contributed by atoms with Crippen molar-refractivity contribution in [2.24, 2.45) is 5.92 Å². The lowest BCUT2D eigenvalue weighted by Gasteiger charge is -2.27. The molecule has 1 aliphatic heterocycles. The van der Waals surface area contributed by atoms with E-state index in [1.165, 1.54) is 18.3 Å². The summed E-state index contributed by atoms with van der Waals surface area (Å²) in [6.07, 6.45) is 7.39. The van der Waals surface area contributed by atoms with Crippen molar-refractivity contribution in [2.75, 3.05) is 13.1 Å². The van der Waals surface area contributed by atoms with Crippen molar-refractivity contribution in [3.05, 3.63) is 41.9 Å². The largest absolute Gasteiger partial charge is 0.345 e. The predicted molar refractivity (Wildman–Crippen MR) is 139 cm³/mol. The first-order valence-electron chi connectivity index (χ1n) is 12.5. The van der Waals surface area contributed by atoms with Crippen LogP contribution in [0.4, 0.5) is 0 Å². The average molecular weight is 569 g/mol. The highest BCUT2D eigenvalue weighted by Gasteiger charge is 2.36. The number of pyridine rings is 1. The molecule has 4 rings (SSSR count). The molecule has 0 aromatic carbocycles. The topological polar surface area (TPSA) is 143 Å². The van der Waals surface area contributed by atoms with E-state index in [4.69, 9.17) is 0 Å². The van der Waals surface area contributed by atoms with Crippen molar-refractivity contribution < 1.29 is 26.4 Å². The Morgan fingerprint density at radius 3 is 2.51 bits per heavy atom. The lowest BCUT2D eigenvalue weighted by molar-refractivity contribution is -0.128. The molecule has 37 heavy (non-hydrogen) atoms. The first-order chi connectivity index (χ1) is 17.7. The van der Waals surface area contributed by atoms with E-state index in [1.807, 2.05) is 0 Å². The number of nitrogens with one attached hydrogen (secondary N) is 2. The maximum absolute atomic E-state index is 13.4. The fourth-order valence-electron chi connectivity index (χ4n) is 4.88. The minimum Gasteiger partial charge on any atom is -0.345 e. The summed E-state index contributed by atoms with van der Waals surface area (Å²) in [6, 6.07) is 5.72. The predicted octanol–water partition coefficient (Wildman–Crippen LogP) is 2.30. The van der Waals surface area contributed by atoms with Crippen molar-refractivity contribution in [2.45, 2.75) is 72.7 Å². The Labute approximate surface area is 222 Å². The third-order valence-corrected chi connectivity index (χ3v) is 11.5. The number of sulfonamides is 2. The fourth-order valence-corrected chi connectivity index (χ4v) is 8.48. The molecule has 2 atom stereocenters. The van der Waals surface area contributed by atoms with Gasteiger partial charge in [-0.3, -0.25) is 9.59 Å². The van der Waals surface area contributed by atoms with Crippen LogP contribution in [0.25, 0.3) is 0 Å². The van der Waals surface area contributed by atoms with E-state index in [1.54, 1.807) is 23.6 Å². The van der Waals surface area contributed by atoms with Gasteiger partial charge in [0.05, 0.1) is 12.6 Å². The standard InChI is InChI=1S/C24H32N4O6S3/c29-21-17-28(37(33,34)22-11-4-5-13-25-22)14-6-10-19(21)26-24(30)20(16-18-8-2-1-3-9-18)27-36(31,32)23-12-7-15-35-23/h4-5,7,11-13,15,18-20,27H,1-3,6,8-10,14,16-17H2,(H,26,30)/t19-,20?/m0/s1. The zero-order valence-electron chi connectivity index (χ0n) is 20.4. The van der Waals surface area contributed by atoms with E-state index >= 15 is 0 Å². The van der Waals surface area contributed by atoms with Gasteiger partial charge in [-0.2, -0.15) is 9.03 Å². The third-order valence-electron chi connectivity index (χ3n) is 6.85. The zero-order valence-corrected chi connectivity index (χ0v) is 22.9. The van der Waals surface area contributed by atoms with Gasteiger partial charge in [0.25, 0.3) is 20.0 Å². The molecule has 10 nitrogen and oxygen atoms in total. The Bertz CT molecular complexity index is 1280. The van der Waals surface area contributed by atoms with E-state index in [9.17, 15) is 26.4 Å². The molecule has 2 fully saturated rings. The van der Waals surface area contributed by atoms with Crippen LogP contribution < -0.4 is 10.0 Å². The molecular formula is C24H32N4O6S3. The van der Waals surface area contributed by atoms with Gasteiger partial charge in [-0.05, 0) is 48.8 Å². The molecule has 0 spiro atoms. The molecule has 2 aliphatic rings. The molecule has 1 saturated heterocycles. The van der Waals surface area contributed by atoms with E-state index in [-0.39, 0.29) is 28.1 Å². The molecule has 2 aromatic heterocycles. The van der Waals surface area contributed by atoms with Crippen LogP contribution in [-0.4, -0.2) is 63.0 Å². The molecule has 1 amide bonds. The van der Waals surface area contributed by atoms with Gasteiger partial charge in [0.2, 0.25) is 5.91 Å². The molecular weight excluding hydrogens is 536 g/mol. The van der Waals surface area contributed by atoms with Gasteiger partial charge >= 0.3 is 0 Å². The van der Waals surface area contributed by atoms with Crippen molar-refractivity contribution in [1.29, 1.82) is 0 Å². The number of nitrogens with zero attached hydrogens (tertiary/aromatic N) is 2. The quantitative estimate of drug-likeness (QED) is 0.473. The van der Waals surface area contributed by atoms with Gasteiger partial charge in [0, 0.05) is 12.7 Å². The van der Waals surface area contributed by atoms with Gasteiger partial charge in [-0.25, -0.2) is 21.8 Å². The number of thiophene rings is 1. The SMILES string of the molecule is O=C(N[C@H]1CCCN(S(=O)(=O)c2ccccn2)CC1=O)C(CC1CCCCC1)NS(=O)(=O)c1cccs1. The van der Waals surface area contributed by atoms with Crippen LogP contribution in [0, 0.1) is 5.92 Å². The van der Waals surface area contributed by atoms with Crippen LogP contribution in [0.15, 0.2) is 51.1 Å². The third kappa shape index (κ3) is 7.02. The smallest absolute Gasteiger partial charge is 0.260 e. The number of aromatic nitrogens is 1. The zero-order chi connectivity index (χ0) is 26.5. The number of amides is 1. The van der Waals surface area contributed by atoms with Gasteiger partial charge < -0.3 is 5.32 Å². The van der Waals surface area contributed by atoms with Crippen LogP contribution in [-0.2, 0) is 29.6 Å². The molecule has 2 N–H and O–H groups in total. The molecule has 0 radical (unpaired) electrons. The first-order valence-corrected chi connectivity index (χ1v) is 16.3. The van der Waals surface area contributed by atoms with Crippen molar-refractivity contribution in [3.8, 4) is 0 Å². The van der Waals surface area contributed by atoms with E-state index in [0.29, 0.717) is 12.8 Å². The normalized spacial score (nSPS) is 21.3. The Balaban J connectivity index is 1.47. The molecule has 13 heteroatoms. The Kier molecular flexibility index (Phi) is 9.11. The number of rotatable bonds is 9. The number of hydrogen-bond acceptors (Lipinski definition) is 8. The molecule has 2 aromatic rings. The average Bonchev–Trinajstić information content (AvgIpc) is 3.38. The van der Waals surface area contributed by atoms with Gasteiger partial charge in [0.15, 0.2) is 10.8 Å². The molecule has 3 heterocycles. The number of Topliss-reactive ketones (excluding diaryl/α,β-unsaturated/α-hetero) is 1. The van der Waals surface area contributed by atoms with Crippen molar-refractivity contribution in [3.63, 3.8) is 0 Å². The van der Waals surface area contributed by atoms with Crippen LogP contribution in [0.1, 0.15) is 51.4 Å². The molecule has 1 unspecified atom stereocenters.